The van der Waals surface area contributed by atoms with Gasteiger partial charge >= 0.3 is 5.97 Å². The summed E-state index contributed by atoms with van der Waals surface area (Å²) in [5.41, 5.74) is 0.979. The van der Waals surface area contributed by atoms with E-state index in [1.807, 2.05) is 30.3 Å². The van der Waals surface area contributed by atoms with Crippen molar-refractivity contribution in [2.75, 3.05) is 13.2 Å². The Morgan fingerprint density at radius 3 is 2.15 bits per heavy atom. The molecule has 3 nitrogen and oxygen atoms in total. The molecule has 1 aliphatic carbocycles. The van der Waals surface area contributed by atoms with Crippen LogP contribution >= 0.6 is 0 Å². The second-order valence-electron chi connectivity index (χ2n) is 9.62. The summed E-state index contributed by atoms with van der Waals surface area (Å²) in [6.07, 6.45) is 23.0. The predicted molar refractivity (Wildman–Crippen MR) is 139 cm³/mol. The fourth-order valence-electron chi connectivity index (χ4n) is 4.56. The molecule has 0 N–H and O–H groups in total. The molecule has 0 spiro atoms. The highest BCUT2D eigenvalue weighted by atomic mass is 16.5. The first kappa shape index (κ1) is 27.2. The lowest BCUT2D eigenvalue weighted by Gasteiger charge is -2.27. The summed E-state index contributed by atoms with van der Waals surface area (Å²) in [5, 5.41) is 0. The summed E-state index contributed by atoms with van der Waals surface area (Å²) >= 11 is 0. The summed E-state index contributed by atoms with van der Waals surface area (Å²) < 4.78 is 11.3. The molecule has 1 fully saturated rings. The zero-order valence-electron chi connectivity index (χ0n) is 20.9. The highest BCUT2D eigenvalue weighted by Gasteiger charge is 2.20. The van der Waals surface area contributed by atoms with Gasteiger partial charge in [0, 0.05) is 6.08 Å². The minimum atomic E-state index is -0.262. The molecule has 0 amide bonds. The van der Waals surface area contributed by atoms with Crippen molar-refractivity contribution in [1.82, 2.24) is 0 Å². The molecular weight excluding hydrogens is 408 g/mol. The number of rotatable bonds is 17. The van der Waals surface area contributed by atoms with E-state index in [9.17, 15) is 4.79 Å². The first-order chi connectivity index (χ1) is 16.2. The Morgan fingerprint density at radius 2 is 1.52 bits per heavy atom. The van der Waals surface area contributed by atoms with Gasteiger partial charge in [0.05, 0.1) is 13.2 Å². The van der Waals surface area contributed by atoms with Crippen LogP contribution < -0.4 is 4.74 Å². The standard InChI is InChI=1S/C30H46O3/c1-3-5-6-7-8-9-10-11-12-24-32-30(31)23-20-27-18-21-29(22-19-27)33-25-28-16-14-26(13-4-2)15-17-28/h4,18-23,26,28H,2-3,5-17,24-25H2,1H3. The van der Waals surface area contributed by atoms with Crippen molar-refractivity contribution in [3.63, 3.8) is 0 Å². The third-order valence-electron chi connectivity index (χ3n) is 6.74. The van der Waals surface area contributed by atoms with Crippen LogP contribution in [0.2, 0.25) is 0 Å². The van der Waals surface area contributed by atoms with Crippen molar-refractivity contribution < 1.29 is 14.3 Å². The molecular formula is C30H46O3. The molecule has 33 heavy (non-hydrogen) atoms. The van der Waals surface area contributed by atoms with Crippen molar-refractivity contribution in [2.45, 2.75) is 96.8 Å². The van der Waals surface area contributed by atoms with E-state index in [2.05, 4.69) is 19.6 Å². The van der Waals surface area contributed by atoms with Crippen LogP contribution in [0.4, 0.5) is 0 Å². The second kappa shape index (κ2) is 17.4. The number of carbonyl (C=O) groups excluding carboxylic acids is 1. The monoisotopic (exact) mass is 454 g/mol. The van der Waals surface area contributed by atoms with Gasteiger partial charge in [-0.3, -0.25) is 0 Å². The number of ether oxygens (including phenoxy) is 2. The quantitative estimate of drug-likeness (QED) is 0.102. The van der Waals surface area contributed by atoms with Crippen LogP contribution in [0, 0.1) is 11.8 Å². The van der Waals surface area contributed by atoms with Crippen molar-refractivity contribution in [2.24, 2.45) is 11.8 Å². The molecule has 0 atom stereocenters. The average Bonchev–Trinajstić information content (AvgIpc) is 2.84. The van der Waals surface area contributed by atoms with Crippen LogP contribution in [0.15, 0.2) is 43.0 Å². The molecule has 0 aliphatic heterocycles. The minimum absolute atomic E-state index is 0.262. The van der Waals surface area contributed by atoms with E-state index in [1.165, 1.54) is 76.7 Å². The van der Waals surface area contributed by atoms with E-state index >= 15 is 0 Å². The molecule has 2 rings (SSSR count). The lowest BCUT2D eigenvalue weighted by atomic mass is 9.81. The van der Waals surface area contributed by atoms with Gasteiger partial charge in [-0.2, -0.15) is 0 Å². The van der Waals surface area contributed by atoms with E-state index in [4.69, 9.17) is 9.47 Å². The minimum Gasteiger partial charge on any atom is -0.493 e. The first-order valence-electron chi connectivity index (χ1n) is 13.4. The summed E-state index contributed by atoms with van der Waals surface area (Å²) in [6.45, 7) is 7.42. The van der Waals surface area contributed by atoms with Crippen molar-refractivity contribution in [3.8, 4) is 5.75 Å². The Morgan fingerprint density at radius 1 is 0.909 bits per heavy atom. The number of benzene rings is 1. The highest BCUT2D eigenvalue weighted by molar-refractivity contribution is 5.87. The van der Waals surface area contributed by atoms with Gasteiger partial charge in [-0.25, -0.2) is 4.79 Å². The zero-order chi connectivity index (χ0) is 23.6. The predicted octanol–water partition coefficient (Wildman–Crippen LogP) is 8.54. The van der Waals surface area contributed by atoms with Crippen LogP contribution in [-0.4, -0.2) is 19.2 Å². The normalized spacial score (nSPS) is 18.3. The zero-order valence-corrected chi connectivity index (χ0v) is 20.9. The Bertz CT molecular complexity index is 668. The van der Waals surface area contributed by atoms with Crippen molar-refractivity contribution in [1.29, 1.82) is 0 Å². The van der Waals surface area contributed by atoms with Gasteiger partial charge in [0.25, 0.3) is 0 Å². The molecule has 0 radical (unpaired) electrons. The third-order valence-corrected chi connectivity index (χ3v) is 6.74. The Hall–Kier alpha value is -2.03. The van der Waals surface area contributed by atoms with Crippen LogP contribution in [0.25, 0.3) is 6.08 Å². The largest absolute Gasteiger partial charge is 0.493 e. The van der Waals surface area contributed by atoms with Crippen LogP contribution in [0.1, 0.15) is 102 Å². The topological polar surface area (TPSA) is 35.5 Å². The summed E-state index contributed by atoms with van der Waals surface area (Å²) in [7, 11) is 0. The summed E-state index contributed by atoms with van der Waals surface area (Å²) in [6, 6.07) is 7.94. The van der Waals surface area contributed by atoms with Gasteiger partial charge < -0.3 is 9.47 Å². The Labute approximate surface area is 202 Å². The molecule has 1 aromatic carbocycles. The number of hydrogen-bond donors (Lipinski definition) is 0. The van der Waals surface area contributed by atoms with Crippen molar-refractivity contribution >= 4 is 12.0 Å². The molecule has 1 aromatic rings. The maximum atomic E-state index is 11.9. The van der Waals surface area contributed by atoms with Crippen molar-refractivity contribution in [3.05, 3.63) is 48.6 Å². The molecule has 1 aliphatic rings. The van der Waals surface area contributed by atoms with Gasteiger partial charge in [0.2, 0.25) is 0 Å². The number of unbranched alkanes of at least 4 members (excludes halogenated alkanes) is 8. The van der Waals surface area contributed by atoms with E-state index < -0.39 is 0 Å². The molecule has 0 unspecified atom stereocenters. The van der Waals surface area contributed by atoms with Gasteiger partial charge in [0.15, 0.2) is 0 Å². The van der Waals surface area contributed by atoms with E-state index in [-0.39, 0.29) is 5.97 Å². The third kappa shape index (κ3) is 12.7. The van der Waals surface area contributed by atoms with E-state index in [0.29, 0.717) is 12.5 Å². The fourth-order valence-corrected chi connectivity index (χ4v) is 4.56. The number of esters is 1. The molecule has 0 saturated heterocycles. The van der Waals surface area contributed by atoms with Gasteiger partial charge in [0.1, 0.15) is 5.75 Å². The lowest BCUT2D eigenvalue weighted by molar-refractivity contribution is -0.137. The SMILES string of the molecule is C=CCC1CCC(COc2ccc(C=CC(=O)OCCCCCCCCCCC)cc2)CC1. The van der Waals surface area contributed by atoms with Crippen LogP contribution in [0.3, 0.4) is 0 Å². The maximum absolute atomic E-state index is 11.9. The molecule has 3 heteroatoms. The smallest absolute Gasteiger partial charge is 0.330 e. The lowest BCUT2D eigenvalue weighted by Crippen LogP contribution is -2.19. The van der Waals surface area contributed by atoms with Crippen LogP contribution in [0.5, 0.6) is 5.75 Å². The molecule has 0 aromatic heterocycles. The average molecular weight is 455 g/mol. The van der Waals surface area contributed by atoms with Crippen LogP contribution in [-0.2, 0) is 9.53 Å². The Kier molecular flexibility index (Phi) is 14.4. The second-order valence-corrected chi connectivity index (χ2v) is 9.62. The van der Waals surface area contributed by atoms with E-state index in [0.717, 1.165) is 43.1 Å². The number of hydrogen-bond acceptors (Lipinski definition) is 3. The first-order valence-corrected chi connectivity index (χ1v) is 13.4. The fraction of sp³-hybridized carbons (Fsp3) is 0.633. The maximum Gasteiger partial charge on any atom is 0.330 e. The number of allylic oxidation sites excluding steroid dienone is 1. The van der Waals surface area contributed by atoms with Gasteiger partial charge in [-0.05, 0) is 74.1 Å². The van der Waals surface area contributed by atoms with E-state index in [1.54, 1.807) is 0 Å². The molecule has 184 valence electrons. The number of carbonyl (C=O) groups is 1. The summed E-state index contributed by atoms with van der Waals surface area (Å²) in [4.78, 5) is 11.9. The Balaban J connectivity index is 1.53. The molecule has 1 saturated carbocycles. The highest BCUT2D eigenvalue weighted by Crippen LogP contribution is 2.31. The molecule has 0 bridgehead atoms. The summed E-state index contributed by atoms with van der Waals surface area (Å²) in [5.74, 6) is 2.11. The molecule has 0 heterocycles. The van der Waals surface area contributed by atoms with Gasteiger partial charge in [-0.1, -0.05) is 76.5 Å². The van der Waals surface area contributed by atoms with Gasteiger partial charge in [-0.15, -0.1) is 6.58 Å².